The smallest absolute Gasteiger partial charge is 0.337 e. The van der Waals surface area contributed by atoms with E-state index in [4.69, 9.17) is 4.74 Å². The molecule has 2 amide bonds. The van der Waals surface area contributed by atoms with Gasteiger partial charge in [-0.05, 0) is 31.2 Å². The van der Waals surface area contributed by atoms with Crippen LogP contribution < -0.4 is 15.4 Å². The molecule has 0 fully saturated rings. The van der Waals surface area contributed by atoms with E-state index in [1.165, 1.54) is 13.3 Å². The molecular weight excluding hydrogens is 310 g/mol. The van der Waals surface area contributed by atoms with E-state index >= 15 is 0 Å². The summed E-state index contributed by atoms with van der Waals surface area (Å²) < 4.78 is 10.1. The van der Waals surface area contributed by atoms with E-state index in [1.807, 2.05) is 13.0 Å². The van der Waals surface area contributed by atoms with E-state index in [-0.39, 0.29) is 6.54 Å². The monoisotopic (exact) mass is 329 g/mol. The fourth-order valence-corrected chi connectivity index (χ4v) is 2.01. The molecule has 24 heavy (non-hydrogen) atoms. The molecule has 1 heterocycles. The summed E-state index contributed by atoms with van der Waals surface area (Å²) in [6.07, 6.45) is 1.49. The van der Waals surface area contributed by atoms with Crippen molar-refractivity contribution in [3.8, 4) is 5.75 Å². The van der Waals surface area contributed by atoms with Gasteiger partial charge in [0.15, 0.2) is 0 Å². The van der Waals surface area contributed by atoms with Gasteiger partial charge in [-0.2, -0.15) is 0 Å². The summed E-state index contributed by atoms with van der Waals surface area (Å²) in [7, 11) is 1.31. The predicted molar refractivity (Wildman–Crippen MR) is 89.0 cm³/mol. The second-order valence-electron chi connectivity index (χ2n) is 4.76. The molecule has 0 aliphatic carbocycles. The summed E-state index contributed by atoms with van der Waals surface area (Å²) in [5, 5.41) is 5.40. The second kappa shape index (κ2) is 8.52. The Hall–Kier alpha value is -3.09. The molecular formula is C17H19N3O4. The van der Waals surface area contributed by atoms with E-state index in [0.29, 0.717) is 29.3 Å². The maximum absolute atomic E-state index is 12.0. The average Bonchev–Trinajstić information content (AvgIpc) is 2.61. The lowest BCUT2D eigenvalue weighted by atomic mass is 10.2. The number of nitrogens with one attached hydrogen (secondary N) is 2. The van der Waals surface area contributed by atoms with Gasteiger partial charge in [0.2, 0.25) is 0 Å². The lowest BCUT2D eigenvalue weighted by Gasteiger charge is -2.12. The van der Waals surface area contributed by atoms with E-state index in [1.54, 1.807) is 30.3 Å². The van der Waals surface area contributed by atoms with Gasteiger partial charge >= 0.3 is 12.0 Å². The molecule has 7 nitrogen and oxygen atoms in total. The Balaban J connectivity index is 1.95. The number of pyridine rings is 1. The number of nitrogens with zero attached hydrogens (tertiary/aromatic N) is 1. The minimum atomic E-state index is -0.450. The molecule has 0 radical (unpaired) electrons. The number of anilines is 1. The van der Waals surface area contributed by atoms with Crippen molar-refractivity contribution < 1.29 is 19.1 Å². The van der Waals surface area contributed by atoms with Crippen molar-refractivity contribution >= 4 is 17.7 Å². The number of hydrogen-bond acceptors (Lipinski definition) is 5. The van der Waals surface area contributed by atoms with Gasteiger partial charge < -0.3 is 20.1 Å². The first kappa shape index (κ1) is 17.3. The van der Waals surface area contributed by atoms with Gasteiger partial charge in [-0.25, -0.2) is 9.59 Å². The number of para-hydroxylation sites is 2. The van der Waals surface area contributed by atoms with Crippen molar-refractivity contribution in [1.29, 1.82) is 0 Å². The molecule has 0 spiro atoms. The highest BCUT2D eigenvalue weighted by Gasteiger charge is 2.09. The first-order valence-corrected chi connectivity index (χ1v) is 7.44. The molecule has 0 saturated carbocycles. The Kier molecular flexibility index (Phi) is 6.13. The van der Waals surface area contributed by atoms with E-state index in [0.717, 1.165) is 0 Å². The first-order valence-electron chi connectivity index (χ1n) is 7.44. The van der Waals surface area contributed by atoms with Crippen LogP contribution >= 0.6 is 0 Å². The molecule has 2 rings (SSSR count). The molecule has 2 N–H and O–H groups in total. The van der Waals surface area contributed by atoms with Crippen LogP contribution in [0, 0.1) is 0 Å². The second-order valence-corrected chi connectivity index (χ2v) is 4.76. The SMILES string of the molecule is CCOc1ccccc1NC(=O)NCc1cc(C(=O)OC)ccn1. The molecule has 0 unspecified atom stereocenters. The Morgan fingerprint density at radius 3 is 2.75 bits per heavy atom. The van der Waals surface area contributed by atoms with Gasteiger partial charge in [-0.15, -0.1) is 0 Å². The number of aromatic nitrogens is 1. The van der Waals surface area contributed by atoms with Gasteiger partial charge in [0, 0.05) is 6.20 Å². The highest BCUT2D eigenvalue weighted by Crippen LogP contribution is 2.23. The van der Waals surface area contributed by atoms with E-state index in [2.05, 4.69) is 20.4 Å². The lowest BCUT2D eigenvalue weighted by Crippen LogP contribution is -2.28. The van der Waals surface area contributed by atoms with Crippen molar-refractivity contribution in [3.05, 3.63) is 53.9 Å². The highest BCUT2D eigenvalue weighted by molar-refractivity contribution is 5.91. The van der Waals surface area contributed by atoms with Crippen molar-refractivity contribution in [1.82, 2.24) is 10.3 Å². The normalized spacial score (nSPS) is 9.92. The topological polar surface area (TPSA) is 89.6 Å². The summed E-state index contributed by atoms with van der Waals surface area (Å²) in [6, 6.07) is 9.89. The van der Waals surface area contributed by atoms with Crippen LogP contribution in [0.4, 0.5) is 10.5 Å². The average molecular weight is 329 g/mol. The zero-order chi connectivity index (χ0) is 17.4. The van der Waals surface area contributed by atoms with Crippen molar-refractivity contribution in [2.24, 2.45) is 0 Å². The van der Waals surface area contributed by atoms with Gasteiger partial charge in [-0.1, -0.05) is 12.1 Å². The minimum absolute atomic E-state index is 0.174. The van der Waals surface area contributed by atoms with Crippen LogP contribution in [-0.2, 0) is 11.3 Å². The van der Waals surface area contributed by atoms with Crippen molar-refractivity contribution in [2.75, 3.05) is 19.0 Å². The van der Waals surface area contributed by atoms with E-state index < -0.39 is 12.0 Å². The standard InChI is InChI=1S/C17H19N3O4/c1-3-24-15-7-5-4-6-14(15)20-17(22)19-11-13-10-12(8-9-18-13)16(21)23-2/h4-10H,3,11H2,1-2H3,(H2,19,20,22). The maximum Gasteiger partial charge on any atom is 0.337 e. The lowest BCUT2D eigenvalue weighted by molar-refractivity contribution is 0.0600. The van der Waals surface area contributed by atoms with Crippen molar-refractivity contribution in [2.45, 2.75) is 13.5 Å². The van der Waals surface area contributed by atoms with Crippen LogP contribution in [0.1, 0.15) is 23.0 Å². The quantitative estimate of drug-likeness (QED) is 0.795. The fraction of sp³-hybridized carbons (Fsp3) is 0.235. The predicted octanol–water partition coefficient (Wildman–Crippen LogP) is 2.59. The van der Waals surface area contributed by atoms with Gasteiger partial charge in [0.25, 0.3) is 0 Å². The number of benzene rings is 1. The summed E-state index contributed by atoms with van der Waals surface area (Å²) in [4.78, 5) is 27.6. The third kappa shape index (κ3) is 4.70. The Morgan fingerprint density at radius 2 is 2.00 bits per heavy atom. The van der Waals surface area contributed by atoms with Gasteiger partial charge in [0.05, 0.1) is 37.2 Å². The number of carbonyl (C=O) groups excluding carboxylic acids is 2. The van der Waals surface area contributed by atoms with Crippen LogP contribution in [0.2, 0.25) is 0 Å². The van der Waals surface area contributed by atoms with Crippen LogP contribution in [0.3, 0.4) is 0 Å². The van der Waals surface area contributed by atoms with Crippen molar-refractivity contribution in [3.63, 3.8) is 0 Å². The zero-order valence-corrected chi connectivity index (χ0v) is 13.5. The summed E-state index contributed by atoms with van der Waals surface area (Å²) in [6.45, 7) is 2.55. The zero-order valence-electron chi connectivity index (χ0n) is 13.5. The number of carbonyl (C=O) groups is 2. The summed E-state index contributed by atoms with van der Waals surface area (Å²) in [5.41, 5.74) is 1.51. The number of esters is 1. The number of hydrogen-bond donors (Lipinski definition) is 2. The molecule has 0 aliphatic rings. The fourth-order valence-electron chi connectivity index (χ4n) is 2.01. The number of methoxy groups -OCH3 is 1. The molecule has 2 aromatic rings. The first-order chi connectivity index (χ1) is 11.6. The molecule has 0 bridgehead atoms. The Morgan fingerprint density at radius 1 is 1.21 bits per heavy atom. The van der Waals surface area contributed by atoms with Crippen LogP contribution in [0.15, 0.2) is 42.6 Å². The van der Waals surface area contributed by atoms with E-state index in [9.17, 15) is 9.59 Å². The minimum Gasteiger partial charge on any atom is -0.492 e. The number of ether oxygens (including phenoxy) is 2. The molecule has 0 aliphatic heterocycles. The third-order valence-corrected chi connectivity index (χ3v) is 3.10. The van der Waals surface area contributed by atoms with Crippen LogP contribution in [0.5, 0.6) is 5.75 Å². The van der Waals surface area contributed by atoms with Crippen LogP contribution in [-0.4, -0.2) is 30.7 Å². The molecule has 7 heteroatoms. The highest BCUT2D eigenvalue weighted by atomic mass is 16.5. The summed E-state index contributed by atoms with van der Waals surface area (Å²) >= 11 is 0. The Labute approximate surface area is 140 Å². The number of rotatable bonds is 6. The third-order valence-electron chi connectivity index (χ3n) is 3.10. The molecule has 1 aromatic heterocycles. The van der Waals surface area contributed by atoms with Gasteiger partial charge in [-0.3, -0.25) is 4.98 Å². The number of amides is 2. The maximum atomic E-state index is 12.0. The molecule has 0 saturated heterocycles. The largest absolute Gasteiger partial charge is 0.492 e. The van der Waals surface area contributed by atoms with Gasteiger partial charge in [0.1, 0.15) is 5.75 Å². The molecule has 0 atom stereocenters. The molecule has 1 aromatic carbocycles. The van der Waals surface area contributed by atoms with Crippen LogP contribution in [0.25, 0.3) is 0 Å². The summed E-state index contributed by atoms with van der Waals surface area (Å²) in [5.74, 6) is 0.148. The number of urea groups is 1. The Bertz CT molecular complexity index is 718. The molecule has 126 valence electrons.